The van der Waals surface area contributed by atoms with Gasteiger partial charge in [-0.05, 0) is 96.3 Å². The van der Waals surface area contributed by atoms with Gasteiger partial charge in [0.05, 0.1) is 11.3 Å². The van der Waals surface area contributed by atoms with Crippen LogP contribution in [0.15, 0.2) is 36.5 Å². The number of fused-ring (bicyclic) bond motifs is 5. The maximum atomic E-state index is 14.8. The first-order valence-corrected chi connectivity index (χ1v) is 21.1. The minimum absolute atomic E-state index is 0.0265. The standard InChI is InChI=1S/C40H53N5O10S/c1-23-9-7-8-10-25-21-40(25,36(48)44-56(50,51)39(6)14-15-39)43-33(46)29-20-26(22-45(29)35(47)31(24(2)19-23)42-37(49)55-38(3,4)5)54-34-28-11-12-30-32(53-18-17-52-30)27(28)13-16-41-34/h8,10-13,16,23-26,29,31H,7,9,14-15,17-22H2,1-6H3,(H,42,49)(H,43,46)(H,44,48)/b10-8-/t23-,24-,25-,26-,29+,31+,40-/m1/s1. The van der Waals surface area contributed by atoms with E-state index in [0.29, 0.717) is 55.8 Å². The molecular formula is C40H53N5O10S. The van der Waals surface area contributed by atoms with Gasteiger partial charge in [-0.1, -0.05) is 26.0 Å². The van der Waals surface area contributed by atoms with Gasteiger partial charge >= 0.3 is 6.09 Å². The van der Waals surface area contributed by atoms with E-state index in [4.69, 9.17) is 18.9 Å². The van der Waals surface area contributed by atoms with Crippen molar-refractivity contribution in [1.82, 2.24) is 25.2 Å². The van der Waals surface area contributed by atoms with Crippen molar-refractivity contribution in [2.75, 3.05) is 19.8 Å². The third kappa shape index (κ3) is 7.98. The van der Waals surface area contributed by atoms with Gasteiger partial charge in [0, 0.05) is 29.3 Å². The third-order valence-electron chi connectivity index (χ3n) is 11.6. The number of allylic oxidation sites excluding steroid dienone is 1. The van der Waals surface area contributed by atoms with Crippen molar-refractivity contribution in [3.05, 3.63) is 36.5 Å². The molecule has 7 atom stereocenters. The normalized spacial score (nSPS) is 30.7. The van der Waals surface area contributed by atoms with Crippen molar-refractivity contribution in [2.24, 2.45) is 17.8 Å². The highest BCUT2D eigenvalue weighted by Crippen LogP contribution is 2.48. The number of aromatic nitrogens is 1. The van der Waals surface area contributed by atoms with Crippen molar-refractivity contribution in [1.29, 1.82) is 0 Å². The number of pyridine rings is 1. The number of rotatable bonds is 6. The lowest BCUT2D eigenvalue weighted by molar-refractivity contribution is -0.142. The van der Waals surface area contributed by atoms with E-state index in [1.165, 1.54) is 4.90 Å². The minimum atomic E-state index is -4.00. The molecule has 16 heteroatoms. The van der Waals surface area contributed by atoms with Crippen LogP contribution < -0.4 is 29.6 Å². The second-order valence-electron chi connectivity index (χ2n) is 17.4. The molecule has 56 heavy (non-hydrogen) atoms. The molecule has 4 heterocycles. The van der Waals surface area contributed by atoms with Crippen molar-refractivity contribution in [2.45, 2.75) is 121 Å². The number of hydrogen-bond acceptors (Lipinski definition) is 11. The van der Waals surface area contributed by atoms with E-state index in [2.05, 4.69) is 27.3 Å². The Kier molecular flexibility index (Phi) is 10.4. The van der Waals surface area contributed by atoms with Crippen LogP contribution in [0.25, 0.3) is 10.8 Å². The van der Waals surface area contributed by atoms with Gasteiger partial charge in [-0.15, -0.1) is 0 Å². The van der Waals surface area contributed by atoms with E-state index in [1.807, 2.05) is 25.1 Å². The fraction of sp³-hybridized carbons (Fsp3) is 0.625. The molecular weight excluding hydrogens is 743 g/mol. The van der Waals surface area contributed by atoms with Gasteiger partial charge in [-0.25, -0.2) is 18.2 Å². The summed E-state index contributed by atoms with van der Waals surface area (Å²) in [6, 6.07) is 3.20. The van der Waals surface area contributed by atoms with E-state index in [0.717, 1.165) is 11.8 Å². The Hall–Kier alpha value is -4.60. The molecule has 0 spiro atoms. The highest BCUT2D eigenvalue weighted by Gasteiger charge is 2.63. The van der Waals surface area contributed by atoms with Crippen LogP contribution in [-0.2, 0) is 29.1 Å². The molecule has 0 bridgehead atoms. The molecule has 2 aromatic rings. The lowest BCUT2D eigenvalue weighted by Gasteiger charge is -2.33. The number of ether oxygens (including phenoxy) is 4. The van der Waals surface area contributed by atoms with Crippen LogP contribution >= 0.6 is 0 Å². The van der Waals surface area contributed by atoms with E-state index in [1.54, 1.807) is 46.0 Å². The fourth-order valence-corrected chi connectivity index (χ4v) is 9.33. The van der Waals surface area contributed by atoms with Gasteiger partial charge in [-0.3, -0.25) is 19.1 Å². The number of carbonyl (C=O) groups excluding carboxylic acids is 4. The maximum absolute atomic E-state index is 14.8. The Morgan fingerprint density at radius 1 is 1.05 bits per heavy atom. The van der Waals surface area contributed by atoms with Gasteiger partial charge in [0.25, 0.3) is 5.91 Å². The average Bonchev–Trinajstić information content (AvgIpc) is 4.01. The monoisotopic (exact) mass is 795 g/mol. The number of benzene rings is 1. The van der Waals surface area contributed by atoms with Crippen LogP contribution in [0, 0.1) is 17.8 Å². The second-order valence-corrected chi connectivity index (χ2v) is 19.6. The summed E-state index contributed by atoms with van der Waals surface area (Å²) in [6.45, 7) is 11.5. The predicted molar refractivity (Wildman–Crippen MR) is 205 cm³/mol. The van der Waals surface area contributed by atoms with Crippen LogP contribution in [0.3, 0.4) is 0 Å². The lowest BCUT2D eigenvalue weighted by Crippen LogP contribution is -2.59. The summed E-state index contributed by atoms with van der Waals surface area (Å²) in [4.78, 5) is 62.4. The van der Waals surface area contributed by atoms with Gasteiger partial charge in [0.2, 0.25) is 27.7 Å². The van der Waals surface area contributed by atoms with Crippen molar-refractivity contribution >= 4 is 44.6 Å². The van der Waals surface area contributed by atoms with Gasteiger partial charge in [0.1, 0.15) is 42.5 Å². The van der Waals surface area contributed by atoms with E-state index in [9.17, 15) is 27.6 Å². The van der Waals surface area contributed by atoms with Crippen molar-refractivity contribution in [3.63, 3.8) is 0 Å². The highest BCUT2D eigenvalue weighted by molar-refractivity contribution is 7.91. The summed E-state index contributed by atoms with van der Waals surface area (Å²) in [5.74, 6) is -1.15. The maximum Gasteiger partial charge on any atom is 0.408 e. The highest BCUT2D eigenvalue weighted by atomic mass is 32.2. The topological polar surface area (TPSA) is 192 Å². The Labute approximate surface area is 327 Å². The number of sulfonamides is 1. The number of amides is 4. The summed E-state index contributed by atoms with van der Waals surface area (Å²) in [6.07, 6.45) is 7.04. The van der Waals surface area contributed by atoms with E-state index < -0.39 is 73.8 Å². The van der Waals surface area contributed by atoms with Crippen LogP contribution in [0.4, 0.5) is 4.79 Å². The zero-order chi connectivity index (χ0) is 40.2. The van der Waals surface area contributed by atoms with Crippen LogP contribution in [0.5, 0.6) is 17.4 Å². The molecule has 4 amide bonds. The van der Waals surface area contributed by atoms with Gasteiger partial charge < -0.3 is 34.5 Å². The molecule has 1 aromatic carbocycles. The summed E-state index contributed by atoms with van der Waals surface area (Å²) in [5, 5.41) is 7.10. The molecule has 5 aliphatic rings. The molecule has 0 radical (unpaired) electrons. The average molecular weight is 796 g/mol. The summed E-state index contributed by atoms with van der Waals surface area (Å²) >= 11 is 0. The van der Waals surface area contributed by atoms with Crippen LogP contribution in [0.1, 0.15) is 86.5 Å². The molecule has 1 saturated heterocycles. The first kappa shape index (κ1) is 39.6. The predicted octanol–water partition coefficient (Wildman–Crippen LogP) is 4.13. The molecule has 3 N–H and O–H groups in total. The molecule has 304 valence electrons. The Balaban J connectivity index is 1.22. The molecule has 0 unspecified atom stereocenters. The molecule has 1 aromatic heterocycles. The molecule has 7 rings (SSSR count). The summed E-state index contributed by atoms with van der Waals surface area (Å²) < 4.78 is 51.4. The zero-order valence-electron chi connectivity index (χ0n) is 32.9. The quantitative estimate of drug-likeness (QED) is 0.357. The summed E-state index contributed by atoms with van der Waals surface area (Å²) in [5.41, 5.74) is -2.36. The molecule has 15 nitrogen and oxygen atoms in total. The largest absolute Gasteiger partial charge is 0.486 e. The first-order chi connectivity index (χ1) is 26.4. The Morgan fingerprint density at radius 3 is 2.54 bits per heavy atom. The number of alkyl carbamates (subject to hydrolysis) is 1. The SMILES string of the molecule is C[C@@H]1CC/C=C\[C@@H]2C[C@@]2(C(=O)NS(=O)(=O)C2(C)CC2)NC(=O)[C@@H]2C[C@@H](Oc3nccc4c5c(ccc34)OCCO5)CN2C(=O)[C@@H](NC(=O)OC(C)(C)C)[C@H](C)C1. The Morgan fingerprint density at radius 2 is 1.80 bits per heavy atom. The summed E-state index contributed by atoms with van der Waals surface area (Å²) in [7, 11) is -4.00. The smallest absolute Gasteiger partial charge is 0.408 e. The molecule has 2 aliphatic carbocycles. The Bertz CT molecular complexity index is 2050. The third-order valence-corrected chi connectivity index (χ3v) is 13.8. The first-order valence-electron chi connectivity index (χ1n) is 19.6. The number of hydrogen-bond donors (Lipinski definition) is 3. The van der Waals surface area contributed by atoms with Crippen molar-refractivity contribution in [3.8, 4) is 17.4 Å². The zero-order valence-corrected chi connectivity index (χ0v) is 33.7. The number of nitrogens with zero attached hydrogens (tertiary/aromatic N) is 2. The van der Waals surface area contributed by atoms with Crippen LogP contribution in [-0.4, -0.2) is 95.9 Å². The number of nitrogens with one attached hydrogen (secondary N) is 3. The lowest BCUT2D eigenvalue weighted by atomic mass is 9.88. The van der Waals surface area contributed by atoms with E-state index >= 15 is 0 Å². The number of carbonyl (C=O) groups is 4. The minimum Gasteiger partial charge on any atom is -0.486 e. The fourth-order valence-electron chi connectivity index (χ4n) is 8.02. The molecule has 2 saturated carbocycles. The van der Waals surface area contributed by atoms with Crippen molar-refractivity contribution < 1.29 is 46.5 Å². The molecule has 3 fully saturated rings. The molecule has 3 aliphatic heterocycles. The van der Waals surface area contributed by atoms with Crippen LogP contribution in [0.2, 0.25) is 0 Å². The van der Waals surface area contributed by atoms with Gasteiger partial charge in [-0.2, -0.15) is 0 Å². The van der Waals surface area contributed by atoms with E-state index in [-0.39, 0.29) is 37.1 Å². The van der Waals surface area contributed by atoms with Gasteiger partial charge in [0.15, 0.2) is 11.5 Å². The second kappa shape index (κ2) is 14.7.